The fourth-order valence-corrected chi connectivity index (χ4v) is 4.02. The number of carbonyl (C=O) groups excluding carboxylic acids is 1. The first-order valence-corrected chi connectivity index (χ1v) is 9.31. The first-order chi connectivity index (χ1) is 11.2. The van der Waals surface area contributed by atoms with Gasteiger partial charge in [0, 0.05) is 35.8 Å². The van der Waals surface area contributed by atoms with Crippen LogP contribution in [0.15, 0.2) is 35.7 Å². The lowest BCUT2D eigenvalue weighted by molar-refractivity contribution is -0.132. The summed E-state index contributed by atoms with van der Waals surface area (Å²) in [5.41, 5.74) is 2.23. The molecule has 3 heterocycles. The molecule has 0 spiro atoms. The number of carbonyl (C=O) groups is 1. The number of hydrogen-bond acceptors (Lipinski definition) is 3. The van der Waals surface area contributed by atoms with Crippen LogP contribution >= 0.6 is 11.3 Å². The molecule has 0 aliphatic carbocycles. The molecule has 2 aromatic rings. The smallest absolute Gasteiger partial charge is 0.222 e. The Morgan fingerprint density at radius 3 is 3.04 bits per heavy atom. The van der Waals surface area contributed by atoms with Gasteiger partial charge in [0.1, 0.15) is 0 Å². The van der Waals surface area contributed by atoms with Gasteiger partial charge in [0.2, 0.25) is 5.91 Å². The zero-order valence-electron chi connectivity index (χ0n) is 13.7. The molecule has 1 aliphatic heterocycles. The van der Waals surface area contributed by atoms with Crippen molar-refractivity contribution in [2.45, 2.75) is 39.0 Å². The molecule has 3 nitrogen and oxygen atoms in total. The average molecular weight is 328 g/mol. The minimum atomic E-state index is 0.306. The van der Waals surface area contributed by atoms with Crippen LogP contribution in [0, 0.1) is 12.8 Å². The number of rotatable bonds is 5. The summed E-state index contributed by atoms with van der Waals surface area (Å²) < 4.78 is 0. The molecule has 3 rings (SSSR count). The van der Waals surface area contributed by atoms with Gasteiger partial charge in [0.25, 0.3) is 0 Å². The van der Waals surface area contributed by atoms with Crippen LogP contribution in [-0.2, 0) is 17.6 Å². The Bertz CT molecular complexity index is 639. The number of aryl methyl sites for hydroxylation is 2. The molecule has 0 unspecified atom stereocenters. The number of nitrogens with zero attached hydrogens (tertiary/aromatic N) is 2. The van der Waals surface area contributed by atoms with Crippen molar-refractivity contribution in [3.63, 3.8) is 0 Å². The van der Waals surface area contributed by atoms with Gasteiger partial charge in [-0.15, -0.1) is 11.3 Å². The van der Waals surface area contributed by atoms with Gasteiger partial charge in [-0.05, 0) is 62.1 Å². The molecule has 0 N–H and O–H groups in total. The van der Waals surface area contributed by atoms with E-state index in [0.29, 0.717) is 18.2 Å². The van der Waals surface area contributed by atoms with Gasteiger partial charge in [-0.25, -0.2) is 0 Å². The minimum Gasteiger partial charge on any atom is -0.342 e. The number of thiophene rings is 1. The summed E-state index contributed by atoms with van der Waals surface area (Å²) >= 11 is 1.74. The maximum absolute atomic E-state index is 12.5. The van der Waals surface area contributed by atoms with E-state index in [4.69, 9.17) is 0 Å². The fourth-order valence-electron chi connectivity index (χ4n) is 3.31. The van der Waals surface area contributed by atoms with Gasteiger partial charge in [-0.2, -0.15) is 0 Å². The van der Waals surface area contributed by atoms with Crippen molar-refractivity contribution >= 4 is 17.2 Å². The maximum Gasteiger partial charge on any atom is 0.222 e. The van der Waals surface area contributed by atoms with Crippen molar-refractivity contribution < 1.29 is 4.79 Å². The maximum atomic E-state index is 12.5. The molecular weight excluding hydrogens is 304 g/mol. The molecule has 1 saturated heterocycles. The monoisotopic (exact) mass is 328 g/mol. The lowest BCUT2D eigenvalue weighted by Crippen LogP contribution is -2.40. The average Bonchev–Trinajstić information content (AvgIpc) is 3.06. The van der Waals surface area contributed by atoms with Gasteiger partial charge < -0.3 is 4.90 Å². The summed E-state index contributed by atoms with van der Waals surface area (Å²) in [5.74, 6) is 0.851. The largest absolute Gasteiger partial charge is 0.342 e. The second-order valence-corrected chi connectivity index (χ2v) is 7.43. The van der Waals surface area contributed by atoms with E-state index in [1.165, 1.54) is 11.3 Å². The molecule has 1 aliphatic rings. The highest BCUT2D eigenvalue weighted by atomic mass is 32.1. The summed E-state index contributed by atoms with van der Waals surface area (Å²) in [6, 6.07) is 10.4. The molecule has 1 fully saturated rings. The van der Waals surface area contributed by atoms with Crippen LogP contribution in [0.3, 0.4) is 0 Å². The van der Waals surface area contributed by atoms with Crippen molar-refractivity contribution in [3.05, 3.63) is 52.0 Å². The number of likely N-dealkylation sites (tertiary alicyclic amines) is 1. The highest BCUT2D eigenvalue weighted by molar-refractivity contribution is 7.09. The zero-order valence-corrected chi connectivity index (χ0v) is 14.5. The van der Waals surface area contributed by atoms with Crippen LogP contribution in [0.4, 0.5) is 0 Å². The topological polar surface area (TPSA) is 33.2 Å². The van der Waals surface area contributed by atoms with E-state index in [-0.39, 0.29) is 0 Å². The number of hydrogen-bond donors (Lipinski definition) is 0. The SMILES string of the molecule is Cc1cccc(C[C@H]2CCCN(C(=O)CCc3cccs3)C2)n1. The molecule has 0 radical (unpaired) electrons. The number of piperidine rings is 1. The second-order valence-electron chi connectivity index (χ2n) is 6.40. The predicted octanol–water partition coefficient (Wildman–Crippen LogP) is 3.87. The highest BCUT2D eigenvalue weighted by Gasteiger charge is 2.23. The standard InChI is InChI=1S/C19H24N2OS/c1-15-5-2-7-17(20-15)13-16-6-3-11-21(14-16)19(22)10-9-18-8-4-12-23-18/h2,4-5,7-8,12,16H,3,6,9-11,13-14H2,1H3/t16-/m1/s1. The van der Waals surface area contributed by atoms with Crippen LogP contribution in [0.2, 0.25) is 0 Å². The lowest BCUT2D eigenvalue weighted by atomic mass is 9.93. The predicted molar refractivity (Wildman–Crippen MR) is 94.6 cm³/mol. The third-order valence-corrected chi connectivity index (χ3v) is 5.42. The minimum absolute atomic E-state index is 0.306. The number of pyridine rings is 1. The molecule has 0 aromatic carbocycles. The summed E-state index contributed by atoms with van der Waals surface area (Å²) in [4.78, 5) is 20.4. The molecule has 0 bridgehead atoms. The molecular formula is C19H24N2OS. The van der Waals surface area contributed by atoms with E-state index >= 15 is 0 Å². The van der Waals surface area contributed by atoms with Crippen molar-refractivity contribution in [2.75, 3.05) is 13.1 Å². The zero-order chi connectivity index (χ0) is 16.1. The van der Waals surface area contributed by atoms with Crippen LogP contribution in [0.1, 0.15) is 35.5 Å². The molecule has 23 heavy (non-hydrogen) atoms. The van der Waals surface area contributed by atoms with Crippen molar-refractivity contribution in [1.82, 2.24) is 9.88 Å². The molecule has 1 atom stereocenters. The molecule has 122 valence electrons. The van der Waals surface area contributed by atoms with E-state index in [0.717, 1.165) is 43.7 Å². The third-order valence-electron chi connectivity index (χ3n) is 4.48. The first kappa shape index (κ1) is 16.2. The van der Waals surface area contributed by atoms with E-state index in [1.54, 1.807) is 11.3 Å². The first-order valence-electron chi connectivity index (χ1n) is 8.43. The number of amides is 1. The van der Waals surface area contributed by atoms with Gasteiger partial charge in [0.05, 0.1) is 0 Å². The summed E-state index contributed by atoms with van der Waals surface area (Å²) in [6.07, 6.45) is 4.80. The highest BCUT2D eigenvalue weighted by Crippen LogP contribution is 2.21. The Morgan fingerprint density at radius 1 is 1.35 bits per heavy atom. The summed E-state index contributed by atoms with van der Waals surface area (Å²) in [6.45, 7) is 3.84. The second kappa shape index (κ2) is 7.73. The molecule has 1 amide bonds. The van der Waals surface area contributed by atoms with E-state index in [1.807, 2.05) is 13.0 Å². The number of aromatic nitrogens is 1. The summed E-state index contributed by atoms with van der Waals surface area (Å²) in [5, 5.41) is 2.07. The van der Waals surface area contributed by atoms with Gasteiger partial charge >= 0.3 is 0 Å². The Morgan fingerprint density at radius 2 is 2.26 bits per heavy atom. The normalized spacial score (nSPS) is 18.1. The Hall–Kier alpha value is -1.68. The van der Waals surface area contributed by atoms with E-state index < -0.39 is 0 Å². The Labute approximate surface area is 142 Å². The van der Waals surface area contributed by atoms with Crippen LogP contribution in [-0.4, -0.2) is 28.9 Å². The van der Waals surface area contributed by atoms with Crippen molar-refractivity contribution in [1.29, 1.82) is 0 Å². The molecule has 0 saturated carbocycles. The molecule has 2 aromatic heterocycles. The fraction of sp³-hybridized carbons (Fsp3) is 0.474. The quantitative estimate of drug-likeness (QED) is 0.835. The van der Waals surface area contributed by atoms with Crippen molar-refractivity contribution in [2.24, 2.45) is 5.92 Å². The van der Waals surface area contributed by atoms with Gasteiger partial charge in [0.15, 0.2) is 0 Å². The lowest BCUT2D eigenvalue weighted by Gasteiger charge is -2.33. The Kier molecular flexibility index (Phi) is 5.44. The third kappa shape index (κ3) is 4.64. The van der Waals surface area contributed by atoms with Crippen LogP contribution < -0.4 is 0 Å². The van der Waals surface area contributed by atoms with E-state index in [9.17, 15) is 4.79 Å². The van der Waals surface area contributed by atoms with Crippen molar-refractivity contribution in [3.8, 4) is 0 Å². The van der Waals surface area contributed by atoms with E-state index in [2.05, 4.69) is 39.5 Å². The Balaban J connectivity index is 1.52. The van der Waals surface area contributed by atoms with Crippen LogP contribution in [0.25, 0.3) is 0 Å². The van der Waals surface area contributed by atoms with Gasteiger partial charge in [-0.3, -0.25) is 9.78 Å². The van der Waals surface area contributed by atoms with Crippen LogP contribution in [0.5, 0.6) is 0 Å². The van der Waals surface area contributed by atoms with Gasteiger partial charge in [-0.1, -0.05) is 12.1 Å². The summed E-state index contributed by atoms with van der Waals surface area (Å²) in [7, 11) is 0. The molecule has 4 heteroatoms.